The quantitative estimate of drug-likeness (QED) is 0.515. The summed E-state index contributed by atoms with van der Waals surface area (Å²) < 4.78 is 5.19. The normalized spacial score (nSPS) is 13.3. The summed E-state index contributed by atoms with van der Waals surface area (Å²) in [5, 5.41) is 12.0. The molecule has 1 aliphatic heterocycles. The van der Waals surface area contributed by atoms with Crippen molar-refractivity contribution in [3.8, 4) is 11.5 Å². The summed E-state index contributed by atoms with van der Waals surface area (Å²) in [5.74, 6) is -0.0490. The summed E-state index contributed by atoms with van der Waals surface area (Å²) in [4.78, 5) is 25.6. The van der Waals surface area contributed by atoms with Crippen molar-refractivity contribution in [3.05, 3.63) is 48.0 Å². The van der Waals surface area contributed by atoms with Gasteiger partial charge in [0.25, 0.3) is 0 Å². The first-order valence-electron chi connectivity index (χ1n) is 7.16. The molecule has 1 aliphatic rings. The Morgan fingerprint density at radius 3 is 2.74 bits per heavy atom. The Hall–Kier alpha value is -3.02. The standard InChI is InChI=1S/C17H16N2O4/c1-11-2-7-15-14(8-11)19(10-17(22)23-15)9-16(21)18-12-3-5-13(20)6-4-12/h2-8,20H,9-10H2,1H3,(H,18,21). The molecule has 0 saturated heterocycles. The average Bonchev–Trinajstić information content (AvgIpc) is 2.50. The number of aromatic hydroxyl groups is 1. The molecule has 3 rings (SSSR count). The van der Waals surface area contributed by atoms with Crippen LogP contribution in [0.5, 0.6) is 11.5 Å². The number of carbonyl (C=O) groups is 2. The zero-order chi connectivity index (χ0) is 16.4. The molecule has 0 atom stereocenters. The van der Waals surface area contributed by atoms with Gasteiger partial charge in [0.15, 0.2) is 5.75 Å². The van der Waals surface area contributed by atoms with Crippen molar-refractivity contribution in [1.29, 1.82) is 0 Å². The molecule has 2 aromatic rings. The third-order valence-corrected chi connectivity index (χ3v) is 3.48. The van der Waals surface area contributed by atoms with Crippen molar-refractivity contribution in [2.75, 3.05) is 23.3 Å². The molecule has 6 nitrogen and oxygen atoms in total. The molecule has 0 aliphatic carbocycles. The zero-order valence-electron chi connectivity index (χ0n) is 12.6. The fraction of sp³-hybridized carbons (Fsp3) is 0.176. The first-order chi connectivity index (χ1) is 11.0. The third kappa shape index (κ3) is 3.42. The molecular weight excluding hydrogens is 296 g/mol. The summed E-state index contributed by atoms with van der Waals surface area (Å²) >= 11 is 0. The van der Waals surface area contributed by atoms with E-state index in [2.05, 4.69) is 5.32 Å². The van der Waals surface area contributed by atoms with Crippen molar-refractivity contribution < 1.29 is 19.4 Å². The highest BCUT2D eigenvalue weighted by molar-refractivity contribution is 5.96. The van der Waals surface area contributed by atoms with Gasteiger partial charge in [0.2, 0.25) is 5.91 Å². The van der Waals surface area contributed by atoms with Gasteiger partial charge in [0.1, 0.15) is 12.3 Å². The van der Waals surface area contributed by atoms with Gasteiger partial charge in [-0.15, -0.1) is 0 Å². The summed E-state index contributed by atoms with van der Waals surface area (Å²) in [7, 11) is 0. The predicted octanol–water partition coefficient (Wildman–Crippen LogP) is 2.06. The van der Waals surface area contributed by atoms with Crippen LogP contribution in [-0.2, 0) is 9.59 Å². The molecule has 0 spiro atoms. The zero-order valence-corrected chi connectivity index (χ0v) is 12.6. The highest BCUT2D eigenvalue weighted by atomic mass is 16.5. The number of fused-ring (bicyclic) bond motifs is 1. The number of rotatable bonds is 3. The van der Waals surface area contributed by atoms with Crippen LogP contribution in [0.25, 0.3) is 0 Å². The first-order valence-corrected chi connectivity index (χ1v) is 7.16. The van der Waals surface area contributed by atoms with Gasteiger partial charge in [0.05, 0.1) is 12.2 Å². The number of hydrogen-bond acceptors (Lipinski definition) is 5. The molecule has 0 radical (unpaired) electrons. The Kier molecular flexibility index (Phi) is 3.89. The van der Waals surface area contributed by atoms with Crippen LogP contribution in [0.1, 0.15) is 5.56 Å². The van der Waals surface area contributed by atoms with Gasteiger partial charge in [0, 0.05) is 5.69 Å². The molecular formula is C17H16N2O4. The summed E-state index contributed by atoms with van der Waals surface area (Å²) in [6.45, 7) is 2.00. The second-order valence-corrected chi connectivity index (χ2v) is 5.40. The molecule has 0 fully saturated rings. The van der Waals surface area contributed by atoms with Crippen LogP contribution in [0.2, 0.25) is 0 Å². The number of nitrogens with one attached hydrogen (secondary N) is 1. The van der Waals surface area contributed by atoms with Crippen molar-refractivity contribution in [2.45, 2.75) is 6.92 Å². The van der Waals surface area contributed by atoms with E-state index in [4.69, 9.17) is 4.74 Å². The van der Waals surface area contributed by atoms with Gasteiger partial charge < -0.3 is 20.1 Å². The number of benzene rings is 2. The van der Waals surface area contributed by atoms with Crippen molar-refractivity contribution >= 4 is 23.3 Å². The monoisotopic (exact) mass is 312 g/mol. The number of anilines is 2. The van der Waals surface area contributed by atoms with Gasteiger partial charge in [-0.05, 0) is 48.9 Å². The van der Waals surface area contributed by atoms with E-state index in [-0.39, 0.29) is 24.7 Å². The number of carbonyl (C=O) groups excluding carboxylic acids is 2. The summed E-state index contributed by atoms with van der Waals surface area (Å²) in [5.41, 5.74) is 2.33. The van der Waals surface area contributed by atoms with Crippen LogP contribution < -0.4 is 15.0 Å². The first kappa shape index (κ1) is 14.9. The molecule has 0 aromatic heterocycles. The Bertz CT molecular complexity index is 756. The Balaban J connectivity index is 1.74. The topological polar surface area (TPSA) is 78.9 Å². The number of ether oxygens (including phenoxy) is 1. The molecule has 0 saturated carbocycles. The number of nitrogens with zero attached hydrogens (tertiary/aromatic N) is 1. The lowest BCUT2D eigenvalue weighted by Gasteiger charge is -2.29. The van der Waals surface area contributed by atoms with Gasteiger partial charge in [-0.1, -0.05) is 6.07 Å². The second-order valence-electron chi connectivity index (χ2n) is 5.40. The Morgan fingerprint density at radius 2 is 2.00 bits per heavy atom. The number of hydrogen-bond donors (Lipinski definition) is 2. The Morgan fingerprint density at radius 1 is 1.26 bits per heavy atom. The van der Waals surface area contributed by atoms with E-state index in [1.807, 2.05) is 19.1 Å². The van der Waals surface area contributed by atoms with Crippen LogP contribution in [0.4, 0.5) is 11.4 Å². The van der Waals surface area contributed by atoms with E-state index in [0.29, 0.717) is 11.4 Å². The number of phenolic OH excluding ortho intramolecular Hbond substituents is 1. The summed E-state index contributed by atoms with van der Waals surface area (Å²) in [6, 6.07) is 11.7. The largest absolute Gasteiger partial charge is 0.508 e. The lowest BCUT2D eigenvalue weighted by atomic mass is 10.1. The fourth-order valence-corrected chi connectivity index (χ4v) is 2.42. The maximum absolute atomic E-state index is 12.2. The molecule has 2 N–H and O–H groups in total. The van der Waals surface area contributed by atoms with Gasteiger partial charge in [-0.2, -0.15) is 0 Å². The minimum absolute atomic E-state index is 0.0272. The van der Waals surface area contributed by atoms with Gasteiger partial charge in [-0.25, -0.2) is 4.79 Å². The summed E-state index contributed by atoms with van der Waals surface area (Å²) in [6.07, 6.45) is 0. The van der Waals surface area contributed by atoms with Gasteiger partial charge >= 0.3 is 5.97 Å². The molecule has 2 aromatic carbocycles. The van der Waals surface area contributed by atoms with Gasteiger partial charge in [-0.3, -0.25) is 4.79 Å². The van der Waals surface area contributed by atoms with Crippen molar-refractivity contribution in [2.24, 2.45) is 0 Å². The van der Waals surface area contributed by atoms with Crippen molar-refractivity contribution in [1.82, 2.24) is 0 Å². The van der Waals surface area contributed by atoms with E-state index in [1.165, 1.54) is 12.1 Å². The van der Waals surface area contributed by atoms with Crippen molar-refractivity contribution in [3.63, 3.8) is 0 Å². The number of aryl methyl sites for hydroxylation is 1. The van der Waals surface area contributed by atoms with Crippen LogP contribution >= 0.6 is 0 Å². The smallest absolute Gasteiger partial charge is 0.331 e. The molecule has 0 bridgehead atoms. The maximum atomic E-state index is 12.2. The highest BCUT2D eigenvalue weighted by Crippen LogP contribution is 2.32. The maximum Gasteiger partial charge on any atom is 0.331 e. The van der Waals surface area contributed by atoms with E-state index >= 15 is 0 Å². The minimum Gasteiger partial charge on any atom is -0.508 e. The predicted molar refractivity (Wildman–Crippen MR) is 85.8 cm³/mol. The van der Waals surface area contributed by atoms with Crippen LogP contribution in [0.15, 0.2) is 42.5 Å². The number of phenols is 1. The lowest BCUT2D eigenvalue weighted by molar-refractivity contribution is -0.133. The van der Waals surface area contributed by atoms with E-state index in [9.17, 15) is 14.7 Å². The third-order valence-electron chi connectivity index (χ3n) is 3.48. The van der Waals surface area contributed by atoms with Crippen LogP contribution in [-0.4, -0.2) is 30.1 Å². The van der Waals surface area contributed by atoms with Crippen LogP contribution in [0.3, 0.4) is 0 Å². The molecule has 118 valence electrons. The molecule has 23 heavy (non-hydrogen) atoms. The minimum atomic E-state index is -0.390. The molecule has 6 heteroatoms. The van der Waals surface area contributed by atoms with E-state index < -0.39 is 5.97 Å². The SMILES string of the molecule is Cc1ccc2c(c1)N(CC(=O)Nc1ccc(O)cc1)CC(=O)O2. The molecule has 0 unspecified atom stereocenters. The average molecular weight is 312 g/mol. The number of esters is 1. The fourth-order valence-electron chi connectivity index (χ4n) is 2.42. The Labute approximate surface area is 133 Å². The lowest BCUT2D eigenvalue weighted by Crippen LogP contribution is -2.41. The van der Waals surface area contributed by atoms with Crippen LogP contribution in [0, 0.1) is 6.92 Å². The highest BCUT2D eigenvalue weighted by Gasteiger charge is 2.25. The molecule has 1 amide bonds. The number of amides is 1. The second kappa shape index (κ2) is 6.00. The molecule has 1 heterocycles. The van der Waals surface area contributed by atoms with E-state index in [1.54, 1.807) is 23.1 Å². The van der Waals surface area contributed by atoms with E-state index in [0.717, 1.165) is 11.3 Å².